The zero-order valence-electron chi connectivity index (χ0n) is 16.4. The molecule has 0 spiro atoms. The van der Waals surface area contributed by atoms with Crippen LogP contribution < -0.4 is 10.6 Å². The van der Waals surface area contributed by atoms with Crippen molar-refractivity contribution >= 4 is 40.8 Å². The molecule has 0 fully saturated rings. The van der Waals surface area contributed by atoms with Crippen LogP contribution in [0.5, 0.6) is 0 Å². The lowest BCUT2D eigenvalue weighted by atomic mass is 9.98. The van der Waals surface area contributed by atoms with Crippen molar-refractivity contribution in [2.75, 3.05) is 19.6 Å². The number of aryl methyl sites for hydroxylation is 1. The minimum absolute atomic E-state index is 0. The topological polar surface area (TPSA) is 72.4 Å². The number of nitrogens with one attached hydrogen (secondary N) is 3. The Bertz CT molecular complexity index is 707. The molecule has 0 radical (unpaired) electrons. The van der Waals surface area contributed by atoms with E-state index < -0.39 is 5.60 Å². The minimum atomic E-state index is -0.712. The zero-order chi connectivity index (χ0) is 18.3. The molecule has 2 rings (SSSR count). The van der Waals surface area contributed by atoms with E-state index in [1.54, 1.807) is 0 Å². The Morgan fingerprint density at radius 2 is 1.92 bits per heavy atom. The number of hydrogen-bond donors (Lipinski definition) is 4. The number of aromatic nitrogens is 1. The summed E-state index contributed by atoms with van der Waals surface area (Å²) in [6.45, 7) is 10.2. The number of hydrogen-bond acceptors (Lipinski definition) is 2. The molecule has 0 aliphatic rings. The summed E-state index contributed by atoms with van der Waals surface area (Å²) in [6.07, 6.45) is 4.43. The molecule has 1 aromatic carbocycles. The van der Waals surface area contributed by atoms with E-state index in [-0.39, 0.29) is 24.0 Å². The van der Waals surface area contributed by atoms with Gasteiger partial charge in [-0.3, -0.25) is 4.99 Å². The summed E-state index contributed by atoms with van der Waals surface area (Å²) in [5.41, 5.74) is 3.08. The number of aliphatic imine (C=N–C) groups is 1. The number of guanidine groups is 1. The highest BCUT2D eigenvalue weighted by atomic mass is 127. The van der Waals surface area contributed by atoms with Gasteiger partial charge in [-0.25, -0.2) is 0 Å². The van der Waals surface area contributed by atoms with E-state index in [4.69, 9.17) is 0 Å². The normalized spacial score (nSPS) is 12.1. The molecule has 0 aliphatic heterocycles. The number of H-pyrrole nitrogens is 1. The fourth-order valence-corrected chi connectivity index (χ4v) is 2.93. The van der Waals surface area contributed by atoms with Crippen molar-refractivity contribution in [3.63, 3.8) is 0 Å². The van der Waals surface area contributed by atoms with Gasteiger partial charge in [0.25, 0.3) is 0 Å². The van der Waals surface area contributed by atoms with Gasteiger partial charge in [-0.05, 0) is 44.2 Å². The third-order valence-corrected chi connectivity index (χ3v) is 4.89. The molecule has 0 saturated heterocycles. The smallest absolute Gasteiger partial charge is 0.191 e. The van der Waals surface area contributed by atoms with Crippen LogP contribution in [0.15, 0.2) is 29.4 Å². The van der Waals surface area contributed by atoms with E-state index in [0.717, 1.165) is 25.5 Å². The molecule has 0 aliphatic carbocycles. The molecule has 26 heavy (non-hydrogen) atoms. The maximum absolute atomic E-state index is 10.4. The summed E-state index contributed by atoms with van der Waals surface area (Å²) in [4.78, 5) is 7.93. The largest absolute Gasteiger partial charge is 0.388 e. The van der Waals surface area contributed by atoms with Gasteiger partial charge in [0.05, 0.1) is 12.1 Å². The minimum Gasteiger partial charge on any atom is -0.388 e. The Morgan fingerprint density at radius 3 is 2.58 bits per heavy atom. The van der Waals surface area contributed by atoms with E-state index in [2.05, 4.69) is 51.9 Å². The van der Waals surface area contributed by atoms with Crippen LogP contribution in [0.4, 0.5) is 0 Å². The fraction of sp³-hybridized carbons (Fsp3) is 0.550. The van der Waals surface area contributed by atoms with E-state index in [0.29, 0.717) is 19.4 Å². The molecule has 1 aromatic heterocycles. The first kappa shape index (κ1) is 22.8. The van der Waals surface area contributed by atoms with Crippen molar-refractivity contribution in [2.24, 2.45) is 4.99 Å². The Kier molecular flexibility index (Phi) is 9.43. The van der Waals surface area contributed by atoms with Crippen LogP contribution in [0.2, 0.25) is 0 Å². The molecular formula is C20H33IN4O. The number of aromatic amines is 1. The number of fused-ring (bicyclic) bond motifs is 1. The van der Waals surface area contributed by atoms with Gasteiger partial charge >= 0.3 is 0 Å². The Balaban J connectivity index is 0.00000338. The van der Waals surface area contributed by atoms with Crippen LogP contribution in [0, 0.1) is 6.92 Å². The van der Waals surface area contributed by atoms with Gasteiger partial charge in [-0.2, -0.15) is 0 Å². The highest BCUT2D eigenvalue weighted by molar-refractivity contribution is 14.0. The second kappa shape index (κ2) is 10.8. The van der Waals surface area contributed by atoms with E-state index in [1.165, 1.54) is 22.0 Å². The number of rotatable bonds is 8. The molecule has 0 amide bonds. The molecule has 0 unspecified atom stereocenters. The predicted molar refractivity (Wildman–Crippen MR) is 122 cm³/mol. The van der Waals surface area contributed by atoms with E-state index in [9.17, 15) is 5.11 Å². The molecule has 4 N–H and O–H groups in total. The molecule has 1 heterocycles. The Hall–Kier alpha value is -1.28. The maximum atomic E-state index is 10.4. The quantitative estimate of drug-likeness (QED) is 0.269. The van der Waals surface area contributed by atoms with Crippen molar-refractivity contribution < 1.29 is 5.11 Å². The molecular weight excluding hydrogens is 439 g/mol. The first-order valence-electron chi connectivity index (χ1n) is 9.33. The van der Waals surface area contributed by atoms with Crippen molar-refractivity contribution in [2.45, 2.75) is 52.6 Å². The molecule has 0 saturated carbocycles. The van der Waals surface area contributed by atoms with Crippen molar-refractivity contribution in [3.8, 4) is 0 Å². The highest BCUT2D eigenvalue weighted by Crippen LogP contribution is 2.21. The van der Waals surface area contributed by atoms with Crippen LogP contribution in [0.3, 0.4) is 0 Å². The Labute approximate surface area is 174 Å². The van der Waals surface area contributed by atoms with Crippen LogP contribution in [0.1, 0.15) is 44.7 Å². The van der Waals surface area contributed by atoms with Gasteiger partial charge in [-0.15, -0.1) is 24.0 Å². The molecule has 6 heteroatoms. The lowest BCUT2D eigenvalue weighted by molar-refractivity contribution is 0.0418. The second-order valence-electron chi connectivity index (χ2n) is 6.61. The lowest BCUT2D eigenvalue weighted by Crippen LogP contribution is -2.40. The predicted octanol–water partition coefficient (Wildman–Crippen LogP) is 3.74. The average molecular weight is 472 g/mol. The van der Waals surface area contributed by atoms with Gasteiger partial charge in [0.2, 0.25) is 0 Å². The van der Waals surface area contributed by atoms with Gasteiger partial charge in [0.1, 0.15) is 0 Å². The number of para-hydroxylation sites is 1. The first-order chi connectivity index (χ1) is 12.0. The van der Waals surface area contributed by atoms with Gasteiger partial charge in [0.15, 0.2) is 5.96 Å². The average Bonchev–Trinajstić information content (AvgIpc) is 3.04. The van der Waals surface area contributed by atoms with Crippen LogP contribution in [0.25, 0.3) is 10.9 Å². The molecule has 5 nitrogen and oxygen atoms in total. The summed E-state index contributed by atoms with van der Waals surface area (Å²) in [7, 11) is 0. The third-order valence-electron chi connectivity index (χ3n) is 4.89. The molecule has 146 valence electrons. The first-order valence-corrected chi connectivity index (χ1v) is 9.33. The van der Waals surface area contributed by atoms with Crippen molar-refractivity contribution in [1.29, 1.82) is 0 Å². The number of halogens is 1. The summed E-state index contributed by atoms with van der Waals surface area (Å²) < 4.78 is 0. The zero-order valence-corrected chi connectivity index (χ0v) is 18.7. The summed E-state index contributed by atoms with van der Waals surface area (Å²) >= 11 is 0. The lowest BCUT2D eigenvalue weighted by Gasteiger charge is -2.23. The van der Waals surface area contributed by atoms with Crippen molar-refractivity contribution in [3.05, 3.63) is 35.5 Å². The highest BCUT2D eigenvalue weighted by Gasteiger charge is 2.21. The third kappa shape index (κ3) is 5.87. The molecule has 0 atom stereocenters. The second-order valence-corrected chi connectivity index (χ2v) is 6.61. The fourth-order valence-electron chi connectivity index (χ4n) is 2.93. The van der Waals surface area contributed by atoms with E-state index in [1.807, 2.05) is 20.8 Å². The summed E-state index contributed by atoms with van der Waals surface area (Å²) in [5, 5.41) is 18.3. The van der Waals surface area contributed by atoms with Crippen LogP contribution >= 0.6 is 24.0 Å². The maximum Gasteiger partial charge on any atom is 0.191 e. The van der Waals surface area contributed by atoms with Crippen LogP contribution in [-0.2, 0) is 6.42 Å². The van der Waals surface area contributed by atoms with Crippen molar-refractivity contribution in [1.82, 2.24) is 15.6 Å². The van der Waals surface area contributed by atoms with E-state index >= 15 is 0 Å². The van der Waals surface area contributed by atoms with Gasteiger partial charge in [0, 0.05) is 30.2 Å². The monoisotopic (exact) mass is 472 g/mol. The number of nitrogens with zero attached hydrogens (tertiary/aromatic N) is 1. The standard InChI is InChI=1S/C20H32N4O.HI/c1-5-20(25,6-2)14-24-19(21-7-3)22-12-11-16-13-23-18-15(4)9-8-10-17(16)18;/h8-10,13,23,25H,5-7,11-12,14H2,1-4H3,(H2,21,22,24);1H. The summed E-state index contributed by atoms with van der Waals surface area (Å²) in [6, 6.07) is 6.39. The Morgan fingerprint density at radius 1 is 1.19 bits per heavy atom. The molecule has 2 aromatic rings. The van der Waals surface area contributed by atoms with Gasteiger partial charge < -0.3 is 20.7 Å². The SMILES string of the molecule is CCNC(=NCC(O)(CC)CC)NCCc1c[nH]c2c(C)cccc12.I. The summed E-state index contributed by atoms with van der Waals surface area (Å²) in [5.74, 6) is 0.763. The number of aliphatic hydroxyl groups is 1. The van der Waals surface area contributed by atoms with Crippen LogP contribution in [-0.4, -0.2) is 41.3 Å². The molecule has 0 bridgehead atoms. The number of benzene rings is 1. The van der Waals surface area contributed by atoms with Gasteiger partial charge in [-0.1, -0.05) is 32.0 Å².